The molecule has 2 aromatic carbocycles. The highest BCUT2D eigenvalue weighted by atomic mass is 16.2. The van der Waals surface area contributed by atoms with E-state index < -0.39 is 5.91 Å². The molecule has 4 rings (SSSR count). The molecular formula is C22H20N6O2. The molecule has 0 aliphatic carbocycles. The Kier molecular flexibility index (Phi) is 5.47. The number of anilines is 1. The third-order valence-electron chi connectivity index (χ3n) is 4.66. The summed E-state index contributed by atoms with van der Waals surface area (Å²) in [6.07, 6.45) is 5.35. The zero-order valence-electron chi connectivity index (χ0n) is 16.4. The number of aryl methyl sites for hydroxylation is 1. The smallest absolute Gasteiger partial charge is 0.244 e. The van der Waals surface area contributed by atoms with E-state index in [1.807, 2.05) is 55.5 Å². The van der Waals surface area contributed by atoms with Crippen molar-refractivity contribution in [2.45, 2.75) is 13.3 Å². The van der Waals surface area contributed by atoms with E-state index >= 15 is 0 Å². The lowest BCUT2D eigenvalue weighted by molar-refractivity contribution is -0.121. The molecule has 0 radical (unpaired) electrons. The van der Waals surface area contributed by atoms with Crippen molar-refractivity contribution in [3.63, 3.8) is 0 Å². The van der Waals surface area contributed by atoms with Gasteiger partial charge in [-0.2, -0.15) is 9.61 Å². The first-order valence-electron chi connectivity index (χ1n) is 9.58. The Morgan fingerprint density at radius 3 is 2.73 bits per heavy atom. The van der Waals surface area contributed by atoms with Gasteiger partial charge < -0.3 is 10.6 Å². The molecule has 2 N–H and O–H groups in total. The number of hydrogen-bond donors (Lipinski definition) is 2. The van der Waals surface area contributed by atoms with Gasteiger partial charge in [0.2, 0.25) is 11.8 Å². The minimum Gasteiger partial charge on any atom is -0.343 e. The predicted molar refractivity (Wildman–Crippen MR) is 115 cm³/mol. The normalized spacial score (nSPS) is 11.2. The van der Waals surface area contributed by atoms with Gasteiger partial charge in [-0.05, 0) is 24.1 Å². The summed E-state index contributed by atoms with van der Waals surface area (Å²) in [7, 11) is 0. The van der Waals surface area contributed by atoms with Crippen LogP contribution in [0.15, 0.2) is 60.8 Å². The summed E-state index contributed by atoms with van der Waals surface area (Å²) in [6, 6.07) is 15.3. The van der Waals surface area contributed by atoms with Gasteiger partial charge in [0, 0.05) is 22.5 Å². The van der Waals surface area contributed by atoms with Crippen molar-refractivity contribution in [2.75, 3.05) is 11.9 Å². The van der Waals surface area contributed by atoms with Crippen molar-refractivity contribution in [1.82, 2.24) is 25.1 Å². The lowest BCUT2D eigenvalue weighted by Gasteiger charge is -2.09. The fourth-order valence-corrected chi connectivity index (χ4v) is 3.13. The Bertz CT molecular complexity index is 1260. The molecule has 0 aliphatic heterocycles. The summed E-state index contributed by atoms with van der Waals surface area (Å²) >= 11 is 0. The van der Waals surface area contributed by atoms with E-state index in [4.69, 9.17) is 0 Å². The van der Waals surface area contributed by atoms with Gasteiger partial charge in [0.05, 0.1) is 12.7 Å². The van der Waals surface area contributed by atoms with Crippen LogP contribution in [0, 0.1) is 0 Å². The Morgan fingerprint density at radius 2 is 1.87 bits per heavy atom. The van der Waals surface area contributed by atoms with E-state index in [0.29, 0.717) is 11.5 Å². The van der Waals surface area contributed by atoms with Crippen molar-refractivity contribution < 1.29 is 9.59 Å². The third kappa shape index (κ3) is 4.02. The lowest BCUT2D eigenvalue weighted by Crippen LogP contribution is -2.31. The highest BCUT2D eigenvalue weighted by Crippen LogP contribution is 2.17. The zero-order chi connectivity index (χ0) is 20.9. The molecule has 2 amide bonds. The van der Waals surface area contributed by atoms with Gasteiger partial charge in [0.15, 0.2) is 11.5 Å². The number of nitrogens with one attached hydrogen (secondary N) is 2. The highest BCUT2D eigenvalue weighted by Gasteiger charge is 2.09. The molecule has 8 nitrogen and oxygen atoms in total. The molecule has 0 saturated carbocycles. The van der Waals surface area contributed by atoms with E-state index in [2.05, 4.69) is 25.9 Å². The zero-order valence-corrected chi connectivity index (χ0v) is 16.4. The molecule has 0 fully saturated rings. The van der Waals surface area contributed by atoms with Crippen LogP contribution in [0.3, 0.4) is 0 Å². The fourth-order valence-electron chi connectivity index (χ4n) is 3.13. The molecule has 150 valence electrons. The predicted octanol–water partition coefficient (Wildman–Crippen LogP) is 2.61. The molecule has 4 aromatic rings. The van der Waals surface area contributed by atoms with E-state index in [1.54, 1.807) is 10.7 Å². The van der Waals surface area contributed by atoms with E-state index in [9.17, 15) is 9.59 Å². The highest BCUT2D eigenvalue weighted by molar-refractivity contribution is 5.98. The number of nitrogens with zero attached hydrogens (tertiary/aromatic N) is 4. The van der Waals surface area contributed by atoms with Gasteiger partial charge in [-0.1, -0.05) is 49.4 Å². The molecule has 0 unspecified atom stereocenters. The molecule has 2 aromatic heterocycles. The minimum atomic E-state index is -0.411. The molecule has 0 bridgehead atoms. The Hall–Kier alpha value is -4.07. The monoisotopic (exact) mass is 400 g/mol. The van der Waals surface area contributed by atoms with E-state index in [0.717, 1.165) is 28.4 Å². The number of carbonyl (C=O) groups is 2. The Balaban J connectivity index is 1.39. The largest absolute Gasteiger partial charge is 0.343 e. The topological polar surface area (TPSA) is 101 Å². The number of hydrogen-bond acceptors (Lipinski definition) is 5. The molecule has 0 atom stereocenters. The van der Waals surface area contributed by atoms with Crippen LogP contribution in [-0.2, 0) is 16.0 Å². The maximum atomic E-state index is 12.1. The maximum absolute atomic E-state index is 12.1. The van der Waals surface area contributed by atoms with Crippen LogP contribution in [0.1, 0.15) is 18.3 Å². The van der Waals surface area contributed by atoms with Gasteiger partial charge in [0.25, 0.3) is 0 Å². The van der Waals surface area contributed by atoms with Gasteiger partial charge in [-0.25, -0.2) is 0 Å². The third-order valence-corrected chi connectivity index (χ3v) is 4.66. The first-order valence-corrected chi connectivity index (χ1v) is 9.58. The maximum Gasteiger partial charge on any atom is 0.244 e. The first-order chi connectivity index (χ1) is 14.7. The number of fused-ring (bicyclic) bond motifs is 3. The summed E-state index contributed by atoms with van der Waals surface area (Å²) in [5.74, 6) is -0.280. The molecule has 0 saturated heterocycles. The average Bonchev–Trinajstić information content (AvgIpc) is 3.20. The van der Waals surface area contributed by atoms with Crippen molar-refractivity contribution in [1.29, 1.82) is 0 Å². The van der Waals surface area contributed by atoms with Crippen molar-refractivity contribution in [3.8, 4) is 0 Å². The average molecular weight is 400 g/mol. The van der Waals surface area contributed by atoms with Gasteiger partial charge in [-0.15, -0.1) is 10.2 Å². The summed E-state index contributed by atoms with van der Waals surface area (Å²) in [5.41, 5.74) is 2.40. The SMILES string of the molecule is CCc1ccccc1NC(=O)CNC(=O)/C=C/c1nnc2c3ccccc3cnn12. The van der Waals surface area contributed by atoms with Crippen LogP contribution < -0.4 is 10.6 Å². The van der Waals surface area contributed by atoms with Crippen LogP contribution in [0.5, 0.6) is 0 Å². The van der Waals surface area contributed by atoms with Crippen molar-refractivity contribution in [2.24, 2.45) is 0 Å². The van der Waals surface area contributed by atoms with Crippen LogP contribution in [0.2, 0.25) is 0 Å². The quantitative estimate of drug-likeness (QED) is 0.485. The van der Waals surface area contributed by atoms with Crippen LogP contribution >= 0.6 is 0 Å². The molecule has 30 heavy (non-hydrogen) atoms. The number of rotatable bonds is 6. The molecular weight excluding hydrogens is 380 g/mol. The minimum absolute atomic E-state index is 0.134. The lowest BCUT2D eigenvalue weighted by atomic mass is 10.1. The van der Waals surface area contributed by atoms with Gasteiger partial charge in [-0.3, -0.25) is 9.59 Å². The van der Waals surface area contributed by atoms with E-state index in [-0.39, 0.29) is 12.5 Å². The molecule has 0 spiro atoms. The Labute approximate surface area is 172 Å². The van der Waals surface area contributed by atoms with Crippen molar-refractivity contribution >= 4 is 40.0 Å². The fraction of sp³-hybridized carbons (Fsp3) is 0.136. The number of benzene rings is 2. The van der Waals surface area contributed by atoms with Gasteiger partial charge >= 0.3 is 0 Å². The van der Waals surface area contributed by atoms with E-state index in [1.165, 1.54) is 12.2 Å². The second kappa shape index (κ2) is 8.52. The summed E-state index contributed by atoms with van der Waals surface area (Å²) in [4.78, 5) is 24.2. The van der Waals surface area contributed by atoms with Gasteiger partial charge in [0.1, 0.15) is 0 Å². The summed E-state index contributed by atoms with van der Waals surface area (Å²) in [5, 5.41) is 19.8. The summed E-state index contributed by atoms with van der Waals surface area (Å²) in [6.45, 7) is 1.88. The molecule has 0 aliphatic rings. The number of aromatic nitrogens is 4. The standard InChI is InChI=1S/C22H20N6O2/c1-2-15-7-4-6-10-18(15)25-21(30)14-23-20(29)12-11-19-26-27-22-17-9-5-3-8-16(17)13-24-28(19)22/h3-13H,2,14H2,1H3,(H,23,29)(H,25,30)/b12-11+. The number of para-hydroxylation sites is 1. The van der Waals surface area contributed by atoms with Crippen LogP contribution in [-0.4, -0.2) is 38.2 Å². The Morgan fingerprint density at radius 1 is 1.07 bits per heavy atom. The molecule has 2 heterocycles. The van der Waals surface area contributed by atoms with Crippen LogP contribution in [0.4, 0.5) is 5.69 Å². The first kappa shape index (κ1) is 19.3. The summed E-state index contributed by atoms with van der Waals surface area (Å²) < 4.78 is 1.57. The van der Waals surface area contributed by atoms with Crippen LogP contribution in [0.25, 0.3) is 22.5 Å². The molecule has 8 heteroatoms. The van der Waals surface area contributed by atoms with Crippen molar-refractivity contribution in [3.05, 3.63) is 72.2 Å². The number of carbonyl (C=O) groups excluding carboxylic acids is 2. The second-order valence-corrected chi connectivity index (χ2v) is 6.64. The second-order valence-electron chi connectivity index (χ2n) is 6.64. The number of amides is 2.